The van der Waals surface area contributed by atoms with Gasteiger partial charge in [-0.05, 0) is 25.0 Å². The summed E-state index contributed by atoms with van der Waals surface area (Å²) >= 11 is 0. The highest BCUT2D eigenvalue weighted by Gasteiger charge is 2.42. The maximum atomic E-state index is 12.9. The van der Waals surface area contributed by atoms with Gasteiger partial charge in [0, 0.05) is 19.3 Å². The number of imidazole rings is 1. The lowest BCUT2D eigenvalue weighted by molar-refractivity contribution is -0.176. The lowest BCUT2D eigenvalue weighted by Gasteiger charge is -2.34. The average Bonchev–Trinajstić information content (AvgIpc) is 2.85. The summed E-state index contributed by atoms with van der Waals surface area (Å²) in [6.45, 7) is 0.178. The van der Waals surface area contributed by atoms with Crippen molar-refractivity contribution in [3.8, 4) is 0 Å². The van der Waals surface area contributed by atoms with E-state index in [0.29, 0.717) is 30.1 Å². The summed E-state index contributed by atoms with van der Waals surface area (Å²) in [4.78, 5) is 6.02. The molecule has 2 aromatic heterocycles. The fraction of sp³-hybridized carbons (Fsp3) is 0.500. The summed E-state index contributed by atoms with van der Waals surface area (Å²) in [7, 11) is 0. The fourth-order valence-electron chi connectivity index (χ4n) is 2.87. The number of aliphatic hydroxyl groups is 1. The van der Waals surface area contributed by atoms with E-state index < -0.39 is 12.1 Å². The van der Waals surface area contributed by atoms with E-state index >= 15 is 0 Å². The van der Waals surface area contributed by atoms with Gasteiger partial charge in [-0.3, -0.25) is 4.40 Å². The number of alkyl halides is 3. The second-order valence-electron chi connectivity index (χ2n) is 5.30. The maximum Gasteiger partial charge on any atom is 0.393 e. The lowest BCUT2D eigenvalue weighted by Crippen LogP contribution is -2.42. The van der Waals surface area contributed by atoms with E-state index in [4.69, 9.17) is 0 Å². The molecule has 21 heavy (non-hydrogen) atoms. The summed E-state index contributed by atoms with van der Waals surface area (Å²) in [5.41, 5.74) is 1.17. The molecule has 7 heteroatoms. The molecule has 1 fully saturated rings. The third-order valence-corrected chi connectivity index (χ3v) is 3.94. The van der Waals surface area contributed by atoms with Gasteiger partial charge in [0.25, 0.3) is 0 Å². The minimum absolute atomic E-state index is 0.0968. The molecule has 1 aliphatic rings. The van der Waals surface area contributed by atoms with Gasteiger partial charge < -0.3 is 10.0 Å². The molecule has 0 bridgehead atoms. The van der Waals surface area contributed by atoms with Gasteiger partial charge in [0.05, 0.1) is 18.2 Å². The Morgan fingerprint density at radius 2 is 2.14 bits per heavy atom. The molecule has 3 heterocycles. The van der Waals surface area contributed by atoms with Crippen LogP contribution in [-0.2, 0) is 6.61 Å². The minimum Gasteiger partial charge on any atom is -0.390 e. The van der Waals surface area contributed by atoms with Gasteiger partial charge in [0.2, 0.25) is 0 Å². The van der Waals surface area contributed by atoms with Crippen LogP contribution in [-0.4, -0.2) is 33.8 Å². The molecule has 4 nitrogen and oxygen atoms in total. The summed E-state index contributed by atoms with van der Waals surface area (Å²) in [6.07, 6.45) is -1.80. The van der Waals surface area contributed by atoms with Crippen LogP contribution in [0.5, 0.6) is 0 Å². The van der Waals surface area contributed by atoms with E-state index in [1.807, 2.05) is 6.07 Å². The highest BCUT2D eigenvalue weighted by atomic mass is 19.4. The zero-order chi connectivity index (χ0) is 15.0. The summed E-state index contributed by atoms with van der Waals surface area (Å²) in [5.74, 6) is -0.875. The zero-order valence-corrected chi connectivity index (χ0v) is 11.3. The van der Waals surface area contributed by atoms with Crippen LogP contribution in [0.25, 0.3) is 5.65 Å². The molecule has 1 N–H and O–H groups in total. The van der Waals surface area contributed by atoms with Gasteiger partial charge in [0.15, 0.2) is 5.82 Å². The molecule has 0 aromatic carbocycles. The predicted octanol–water partition coefficient (Wildman–Crippen LogP) is 2.61. The monoisotopic (exact) mass is 299 g/mol. The van der Waals surface area contributed by atoms with Crippen molar-refractivity contribution in [1.82, 2.24) is 9.38 Å². The number of hydrogen-bond acceptors (Lipinski definition) is 3. The number of anilines is 1. The van der Waals surface area contributed by atoms with Crippen molar-refractivity contribution >= 4 is 11.5 Å². The minimum atomic E-state index is -4.18. The average molecular weight is 299 g/mol. The van der Waals surface area contributed by atoms with Crippen molar-refractivity contribution in [3.63, 3.8) is 0 Å². The number of rotatable bonds is 2. The molecular formula is C14H16F3N3O. The first-order valence-electron chi connectivity index (χ1n) is 6.89. The van der Waals surface area contributed by atoms with E-state index in [1.54, 1.807) is 27.6 Å². The molecule has 0 aliphatic carbocycles. The third-order valence-electron chi connectivity index (χ3n) is 3.94. The Labute approximate surface area is 119 Å². The van der Waals surface area contributed by atoms with Crippen LogP contribution in [0.4, 0.5) is 19.0 Å². The summed E-state index contributed by atoms with van der Waals surface area (Å²) in [5, 5.41) is 9.55. The molecule has 0 saturated carbocycles. The molecule has 1 unspecified atom stereocenters. The number of fused-ring (bicyclic) bond motifs is 1. The number of aromatic nitrogens is 2. The van der Waals surface area contributed by atoms with E-state index in [0.717, 1.165) is 0 Å². The normalized spacial score (nSPS) is 20.2. The number of hydrogen-bond donors (Lipinski definition) is 1. The third kappa shape index (κ3) is 2.57. The van der Waals surface area contributed by atoms with Crippen LogP contribution in [0.2, 0.25) is 0 Å². The van der Waals surface area contributed by atoms with Crippen LogP contribution in [0.1, 0.15) is 18.5 Å². The van der Waals surface area contributed by atoms with Gasteiger partial charge in [-0.25, -0.2) is 4.98 Å². The topological polar surface area (TPSA) is 40.8 Å². The van der Waals surface area contributed by atoms with Crippen molar-refractivity contribution in [2.24, 2.45) is 5.92 Å². The smallest absolute Gasteiger partial charge is 0.390 e. The van der Waals surface area contributed by atoms with Crippen LogP contribution >= 0.6 is 0 Å². The summed E-state index contributed by atoms with van der Waals surface area (Å²) in [6, 6.07) is 5.38. The van der Waals surface area contributed by atoms with Crippen LogP contribution in [0, 0.1) is 5.92 Å². The first-order chi connectivity index (χ1) is 10.0. The van der Waals surface area contributed by atoms with Crippen molar-refractivity contribution in [3.05, 3.63) is 30.1 Å². The zero-order valence-electron chi connectivity index (χ0n) is 11.3. The quantitative estimate of drug-likeness (QED) is 0.926. The Kier molecular flexibility index (Phi) is 3.52. The van der Waals surface area contributed by atoms with Gasteiger partial charge in [-0.1, -0.05) is 6.07 Å². The van der Waals surface area contributed by atoms with Crippen molar-refractivity contribution < 1.29 is 18.3 Å². The van der Waals surface area contributed by atoms with Gasteiger partial charge in [-0.15, -0.1) is 0 Å². The number of piperidine rings is 1. The molecule has 1 saturated heterocycles. The van der Waals surface area contributed by atoms with Crippen LogP contribution < -0.4 is 4.90 Å². The Balaban J connectivity index is 1.96. The first kappa shape index (κ1) is 14.2. The molecule has 1 aliphatic heterocycles. The van der Waals surface area contributed by atoms with E-state index in [1.165, 1.54) is 0 Å². The number of pyridine rings is 1. The van der Waals surface area contributed by atoms with Gasteiger partial charge in [0.1, 0.15) is 5.65 Å². The van der Waals surface area contributed by atoms with Crippen LogP contribution in [0.15, 0.2) is 24.4 Å². The lowest BCUT2D eigenvalue weighted by atomic mass is 9.97. The van der Waals surface area contributed by atoms with Crippen molar-refractivity contribution in [2.45, 2.75) is 25.6 Å². The van der Waals surface area contributed by atoms with Crippen molar-refractivity contribution in [1.29, 1.82) is 0 Å². The predicted molar refractivity (Wildman–Crippen MR) is 72.1 cm³/mol. The second kappa shape index (κ2) is 5.22. The number of aliphatic hydroxyl groups excluding tert-OH is 1. The van der Waals surface area contributed by atoms with E-state index in [2.05, 4.69) is 4.98 Å². The second-order valence-corrected chi connectivity index (χ2v) is 5.30. The molecule has 3 rings (SSSR count). The molecule has 114 valence electrons. The molecule has 2 aromatic rings. The summed E-state index contributed by atoms with van der Waals surface area (Å²) < 4.78 is 40.5. The molecule has 1 atom stereocenters. The highest BCUT2D eigenvalue weighted by Crippen LogP contribution is 2.35. The Hall–Kier alpha value is -1.76. The SMILES string of the molecule is OCc1c(N2CCCC(C(F)(F)F)C2)nc2ccccn12. The first-order valence-corrected chi connectivity index (χ1v) is 6.89. The molecule has 0 radical (unpaired) electrons. The largest absolute Gasteiger partial charge is 0.393 e. The molecule has 0 amide bonds. The van der Waals surface area contributed by atoms with Gasteiger partial charge >= 0.3 is 6.18 Å². The Bertz CT molecular complexity index is 638. The van der Waals surface area contributed by atoms with Gasteiger partial charge in [-0.2, -0.15) is 13.2 Å². The van der Waals surface area contributed by atoms with Crippen LogP contribution in [0.3, 0.4) is 0 Å². The fourth-order valence-corrected chi connectivity index (χ4v) is 2.87. The van der Waals surface area contributed by atoms with E-state index in [9.17, 15) is 18.3 Å². The van der Waals surface area contributed by atoms with Crippen molar-refractivity contribution in [2.75, 3.05) is 18.0 Å². The Morgan fingerprint density at radius 3 is 2.86 bits per heavy atom. The molecular weight excluding hydrogens is 283 g/mol. The molecule has 0 spiro atoms. The highest BCUT2D eigenvalue weighted by molar-refractivity contribution is 5.56. The Morgan fingerprint density at radius 1 is 1.33 bits per heavy atom. The maximum absolute atomic E-state index is 12.9. The van der Waals surface area contributed by atoms with E-state index in [-0.39, 0.29) is 19.6 Å². The standard InChI is InChI=1S/C14H16F3N3O/c15-14(16,17)10-4-3-6-19(8-10)13-11(9-21)20-7-2-1-5-12(20)18-13/h1-2,5,7,10,21H,3-4,6,8-9H2. The number of halogens is 3. The number of nitrogens with zero attached hydrogens (tertiary/aromatic N) is 3.